The van der Waals surface area contributed by atoms with Crippen molar-refractivity contribution in [2.45, 2.75) is 32.0 Å². The second kappa shape index (κ2) is 7.11. The van der Waals surface area contributed by atoms with Gasteiger partial charge in [0.2, 0.25) is 0 Å². The Hall–Kier alpha value is -3.15. The lowest BCUT2D eigenvalue weighted by atomic mass is 10.1. The monoisotopic (exact) mass is 395 g/mol. The van der Waals surface area contributed by atoms with Gasteiger partial charge in [-0.25, -0.2) is 13.4 Å². The lowest BCUT2D eigenvalue weighted by Crippen LogP contribution is -2.15. The minimum atomic E-state index is -3.92. The summed E-state index contributed by atoms with van der Waals surface area (Å²) in [4.78, 5) is 4.12. The number of hydrogen-bond acceptors (Lipinski definition) is 6. The van der Waals surface area contributed by atoms with Crippen LogP contribution in [-0.2, 0) is 28.0 Å². The van der Waals surface area contributed by atoms with E-state index < -0.39 is 10.0 Å². The molecule has 3 aromatic rings. The molecule has 1 aromatic carbocycles. The number of benzene rings is 1. The Bertz CT molecular complexity index is 1220. The first-order valence-corrected chi connectivity index (χ1v) is 10.0. The maximum absolute atomic E-state index is 12.8. The summed E-state index contributed by atoms with van der Waals surface area (Å²) in [6, 6.07) is 8.81. The number of fused-ring (bicyclic) bond motifs is 1. The van der Waals surface area contributed by atoms with Crippen molar-refractivity contribution in [2.24, 2.45) is 0 Å². The fourth-order valence-corrected chi connectivity index (χ4v) is 3.95. The van der Waals surface area contributed by atoms with Gasteiger partial charge in [0, 0.05) is 17.3 Å². The van der Waals surface area contributed by atoms with Crippen LogP contribution in [0.25, 0.3) is 0 Å². The highest BCUT2D eigenvalue weighted by Gasteiger charge is 2.22. The van der Waals surface area contributed by atoms with Crippen molar-refractivity contribution in [3.63, 3.8) is 0 Å². The molecular formula is C20H17N3O4S. The van der Waals surface area contributed by atoms with E-state index in [1.807, 2.05) is 18.2 Å². The highest BCUT2D eigenvalue weighted by atomic mass is 32.2. The van der Waals surface area contributed by atoms with Gasteiger partial charge in [-0.15, -0.1) is 0 Å². The van der Waals surface area contributed by atoms with Gasteiger partial charge in [0.25, 0.3) is 10.0 Å². The Morgan fingerprint density at radius 2 is 1.93 bits per heavy atom. The smallest absolute Gasteiger partial charge is 0.265 e. The van der Waals surface area contributed by atoms with Crippen LogP contribution in [0.3, 0.4) is 0 Å². The van der Waals surface area contributed by atoms with Gasteiger partial charge in [0.1, 0.15) is 16.3 Å². The van der Waals surface area contributed by atoms with E-state index in [4.69, 9.17) is 9.26 Å². The highest BCUT2D eigenvalue weighted by molar-refractivity contribution is 7.92. The number of aromatic nitrogens is 2. The Morgan fingerprint density at radius 1 is 1.11 bits per heavy atom. The van der Waals surface area contributed by atoms with Gasteiger partial charge in [-0.3, -0.25) is 4.72 Å². The molecule has 0 atom stereocenters. The van der Waals surface area contributed by atoms with Gasteiger partial charge in [0.05, 0.1) is 13.2 Å². The molecule has 4 rings (SSSR count). The fourth-order valence-electron chi connectivity index (χ4n) is 2.78. The van der Waals surface area contributed by atoms with E-state index in [0.717, 1.165) is 16.7 Å². The molecule has 7 nitrogen and oxygen atoms in total. The summed E-state index contributed by atoms with van der Waals surface area (Å²) in [7, 11) is -3.92. The minimum Gasteiger partial charge on any atom is -0.372 e. The molecule has 8 heteroatoms. The third-order valence-corrected chi connectivity index (χ3v) is 5.87. The number of aryl methyl sites for hydroxylation is 1. The van der Waals surface area contributed by atoms with Gasteiger partial charge in [0.15, 0.2) is 5.82 Å². The molecule has 0 radical (unpaired) electrons. The van der Waals surface area contributed by atoms with Gasteiger partial charge in [-0.1, -0.05) is 17.1 Å². The summed E-state index contributed by atoms with van der Waals surface area (Å²) in [6.45, 7) is 4.61. The van der Waals surface area contributed by atoms with E-state index in [0.29, 0.717) is 24.5 Å². The van der Waals surface area contributed by atoms with E-state index in [9.17, 15) is 8.42 Å². The maximum atomic E-state index is 12.8. The van der Waals surface area contributed by atoms with Crippen molar-refractivity contribution in [1.82, 2.24) is 10.1 Å². The summed E-state index contributed by atoms with van der Waals surface area (Å²) >= 11 is 0. The summed E-state index contributed by atoms with van der Waals surface area (Å²) in [5.74, 6) is 6.55. The maximum Gasteiger partial charge on any atom is 0.265 e. The second-order valence-electron chi connectivity index (χ2n) is 6.39. The van der Waals surface area contributed by atoms with Crippen molar-refractivity contribution in [3.05, 3.63) is 70.2 Å². The largest absolute Gasteiger partial charge is 0.372 e. The molecule has 0 bridgehead atoms. The number of pyridine rings is 1. The van der Waals surface area contributed by atoms with E-state index in [2.05, 4.69) is 26.7 Å². The zero-order valence-corrected chi connectivity index (χ0v) is 16.1. The molecule has 0 aliphatic carbocycles. The van der Waals surface area contributed by atoms with Gasteiger partial charge >= 0.3 is 0 Å². The van der Waals surface area contributed by atoms with Gasteiger partial charge in [-0.2, -0.15) is 0 Å². The Labute approximate surface area is 162 Å². The van der Waals surface area contributed by atoms with Crippen LogP contribution in [0, 0.1) is 25.7 Å². The van der Waals surface area contributed by atoms with Crippen molar-refractivity contribution in [1.29, 1.82) is 0 Å². The van der Waals surface area contributed by atoms with E-state index in [-0.39, 0.29) is 16.4 Å². The average Bonchev–Trinajstić information content (AvgIpc) is 3.28. The fraction of sp³-hybridized carbons (Fsp3) is 0.200. The Balaban J connectivity index is 1.67. The lowest BCUT2D eigenvalue weighted by molar-refractivity contribution is 0.134. The number of nitrogens with one attached hydrogen (secondary N) is 1. The molecule has 2 aromatic heterocycles. The number of sulfonamides is 1. The first-order valence-electron chi connectivity index (χ1n) is 8.56. The zero-order valence-electron chi connectivity index (χ0n) is 15.3. The number of ether oxygens (including phenoxy) is 1. The zero-order chi connectivity index (χ0) is 19.7. The molecule has 142 valence electrons. The lowest BCUT2D eigenvalue weighted by Gasteiger charge is -2.07. The van der Waals surface area contributed by atoms with Crippen LogP contribution in [0.4, 0.5) is 5.82 Å². The van der Waals surface area contributed by atoms with Crippen LogP contribution in [-0.4, -0.2) is 18.6 Å². The van der Waals surface area contributed by atoms with Crippen molar-refractivity contribution in [3.8, 4) is 11.8 Å². The quantitative estimate of drug-likeness (QED) is 0.686. The Kier molecular flexibility index (Phi) is 4.63. The van der Waals surface area contributed by atoms with Crippen molar-refractivity contribution >= 4 is 15.8 Å². The van der Waals surface area contributed by atoms with Crippen LogP contribution in [0.15, 0.2) is 45.9 Å². The SMILES string of the molecule is Cc1onc(NS(=O)(=O)c2cccnc2C#Cc2ccc3c(c2)COC3)c1C. The number of anilines is 1. The van der Waals surface area contributed by atoms with E-state index in [1.165, 1.54) is 12.3 Å². The number of rotatable bonds is 3. The molecule has 0 spiro atoms. The van der Waals surface area contributed by atoms with Gasteiger partial charge < -0.3 is 9.26 Å². The van der Waals surface area contributed by atoms with Gasteiger partial charge in [-0.05, 0) is 55.2 Å². The normalized spacial score (nSPS) is 12.9. The predicted octanol–water partition coefficient (Wildman–Crippen LogP) is 2.92. The van der Waals surface area contributed by atoms with Crippen LogP contribution < -0.4 is 4.72 Å². The summed E-state index contributed by atoms with van der Waals surface area (Å²) in [5, 5.41) is 3.75. The number of nitrogens with zero attached hydrogens (tertiary/aromatic N) is 2. The standard InChI is InChI=1S/C20H17N3O4S/c1-13-14(2)27-22-20(13)23-28(24,25)19-4-3-9-21-18(19)8-6-15-5-7-16-11-26-12-17(16)10-15/h3-5,7,9-10H,11-12H2,1-2H3,(H,22,23). The molecule has 1 aliphatic heterocycles. The van der Waals surface area contributed by atoms with Crippen molar-refractivity contribution in [2.75, 3.05) is 4.72 Å². The summed E-state index contributed by atoms with van der Waals surface area (Å²) < 4.78 is 38.5. The number of hydrogen-bond donors (Lipinski definition) is 1. The van der Waals surface area contributed by atoms with Crippen LogP contribution in [0.2, 0.25) is 0 Å². The second-order valence-corrected chi connectivity index (χ2v) is 8.05. The van der Waals surface area contributed by atoms with Crippen LogP contribution in [0.5, 0.6) is 0 Å². The highest BCUT2D eigenvalue weighted by Crippen LogP contribution is 2.23. The third-order valence-electron chi connectivity index (χ3n) is 4.50. The predicted molar refractivity (Wildman–Crippen MR) is 102 cm³/mol. The molecule has 0 saturated carbocycles. The summed E-state index contributed by atoms with van der Waals surface area (Å²) in [5.41, 5.74) is 3.80. The summed E-state index contributed by atoms with van der Waals surface area (Å²) in [6.07, 6.45) is 1.51. The van der Waals surface area contributed by atoms with Crippen LogP contribution in [0.1, 0.15) is 33.7 Å². The topological polar surface area (TPSA) is 94.3 Å². The van der Waals surface area contributed by atoms with Crippen LogP contribution >= 0.6 is 0 Å². The first kappa shape index (κ1) is 18.2. The molecule has 0 saturated heterocycles. The molecule has 0 fully saturated rings. The molecule has 1 aliphatic rings. The average molecular weight is 395 g/mol. The Morgan fingerprint density at radius 3 is 2.71 bits per heavy atom. The third kappa shape index (κ3) is 3.50. The molecular weight excluding hydrogens is 378 g/mol. The molecule has 3 heterocycles. The molecule has 0 unspecified atom stereocenters. The minimum absolute atomic E-state index is 0.0213. The van der Waals surface area contributed by atoms with Crippen molar-refractivity contribution < 1.29 is 17.7 Å². The van der Waals surface area contributed by atoms with E-state index >= 15 is 0 Å². The molecule has 28 heavy (non-hydrogen) atoms. The van der Waals surface area contributed by atoms with E-state index in [1.54, 1.807) is 19.9 Å². The molecule has 1 N–H and O–H groups in total. The molecule has 0 amide bonds. The first-order chi connectivity index (χ1) is 13.4.